The molecule has 2 heterocycles. The van der Waals surface area contributed by atoms with Crippen molar-refractivity contribution >= 4 is 10.9 Å². The molecule has 1 aromatic carbocycles. The average molecular weight is 267 g/mol. The van der Waals surface area contributed by atoms with Crippen LogP contribution in [0.25, 0.3) is 22.3 Å². The van der Waals surface area contributed by atoms with Gasteiger partial charge in [-0.15, -0.1) is 0 Å². The standard InChI is InChI=1S/C15H13N3O2/c1-20-9-12-8-14(19)18-15(17-12)11-4-5-13-10(7-11)3-2-6-16-13/h2-8H,9H2,1H3,(H,17,18,19). The first-order valence-electron chi connectivity index (χ1n) is 6.20. The van der Waals surface area contributed by atoms with Crippen LogP contribution in [0.1, 0.15) is 5.69 Å². The number of aromatic nitrogens is 3. The van der Waals surface area contributed by atoms with E-state index in [-0.39, 0.29) is 5.56 Å². The first-order valence-corrected chi connectivity index (χ1v) is 6.20. The van der Waals surface area contributed by atoms with Gasteiger partial charge in [-0.25, -0.2) is 4.98 Å². The lowest BCUT2D eigenvalue weighted by Gasteiger charge is -2.05. The van der Waals surface area contributed by atoms with E-state index >= 15 is 0 Å². The average Bonchev–Trinajstić information content (AvgIpc) is 2.46. The monoisotopic (exact) mass is 267 g/mol. The number of fused-ring (bicyclic) bond motifs is 1. The van der Waals surface area contributed by atoms with Crippen molar-refractivity contribution in [2.24, 2.45) is 0 Å². The number of nitrogens with zero attached hydrogens (tertiary/aromatic N) is 2. The third-order valence-corrected chi connectivity index (χ3v) is 2.96. The Morgan fingerprint density at radius 2 is 2.15 bits per heavy atom. The molecule has 100 valence electrons. The van der Waals surface area contributed by atoms with Gasteiger partial charge in [-0.05, 0) is 24.3 Å². The predicted octanol–water partition coefficient (Wildman–Crippen LogP) is 2.13. The summed E-state index contributed by atoms with van der Waals surface area (Å²) in [7, 11) is 1.57. The molecule has 5 heteroatoms. The Morgan fingerprint density at radius 3 is 3.00 bits per heavy atom. The number of nitrogens with one attached hydrogen (secondary N) is 1. The minimum absolute atomic E-state index is 0.187. The smallest absolute Gasteiger partial charge is 0.251 e. The summed E-state index contributed by atoms with van der Waals surface area (Å²) >= 11 is 0. The highest BCUT2D eigenvalue weighted by Gasteiger charge is 2.05. The van der Waals surface area contributed by atoms with Crippen molar-refractivity contribution in [1.29, 1.82) is 0 Å². The van der Waals surface area contributed by atoms with Gasteiger partial charge in [0.1, 0.15) is 5.82 Å². The molecule has 0 aliphatic heterocycles. The van der Waals surface area contributed by atoms with Crippen LogP contribution in [0.2, 0.25) is 0 Å². The molecule has 0 atom stereocenters. The maximum absolute atomic E-state index is 11.7. The third kappa shape index (κ3) is 2.44. The van der Waals surface area contributed by atoms with Crippen LogP contribution in [-0.2, 0) is 11.3 Å². The van der Waals surface area contributed by atoms with E-state index < -0.39 is 0 Å². The van der Waals surface area contributed by atoms with Gasteiger partial charge in [-0.2, -0.15) is 0 Å². The van der Waals surface area contributed by atoms with Crippen LogP contribution in [0.15, 0.2) is 47.4 Å². The number of ether oxygens (including phenoxy) is 1. The van der Waals surface area contributed by atoms with Crippen LogP contribution in [0.4, 0.5) is 0 Å². The molecule has 0 bridgehead atoms. The maximum atomic E-state index is 11.7. The molecule has 0 aliphatic rings. The van der Waals surface area contributed by atoms with Crippen LogP contribution >= 0.6 is 0 Å². The second kappa shape index (κ2) is 5.22. The summed E-state index contributed by atoms with van der Waals surface area (Å²) in [6.07, 6.45) is 1.75. The number of benzene rings is 1. The summed E-state index contributed by atoms with van der Waals surface area (Å²) in [5.74, 6) is 0.537. The Hall–Kier alpha value is -2.53. The lowest BCUT2D eigenvalue weighted by molar-refractivity contribution is 0.181. The summed E-state index contributed by atoms with van der Waals surface area (Å²) in [6, 6.07) is 11.1. The fraction of sp³-hybridized carbons (Fsp3) is 0.133. The van der Waals surface area contributed by atoms with Crippen molar-refractivity contribution in [3.63, 3.8) is 0 Å². The van der Waals surface area contributed by atoms with E-state index in [0.29, 0.717) is 18.1 Å². The van der Waals surface area contributed by atoms with Gasteiger partial charge in [0.25, 0.3) is 5.56 Å². The van der Waals surface area contributed by atoms with Gasteiger partial charge in [0, 0.05) is 30.3 Å². The van der Waals surface area contributed by atoms with E-state index in [2.05, 4.69) is 15.0 Å². The number of aromatic amines is 1. The van der Waals surface area contributed by atoms with Crippen molar-refractivity contribution in [3.8, 4) is 11.4 Å². The SMILES string of the molecule is COCc1cc(=O)[nH]c(-c2ccc3ncccc3c2)n1. The lowest BCUT2D eigenvalue weighted by atomic mass is 10.1. The normalized spacial score (nSPS) is 10.8. The molecule has 0 aliphatic carbocycles. The van der Waals surface area contributed by atoms with Crippen molar-refractivity contribution in [3.05, 3.63) is 58.6 Å². The first-order chi connectivity index (χ1) is 9.76. The van der Waals surface area contributed by atoms with Gasteiger partial charge in [0.15, 0.2) is 0 Å². The Bertz CT molecular complexity index is 811. The van der Waals surface area contributed by atoms with E-state index in [9.17, 15) is 4.79 Å². The van der Waals surface area contributed by atoms with Crippen molar-refractivity contribution in [1.82, 2.24) is 15.0 Å². The molecule has 0 unspecified atom stereocenters. The topological polar surface area (TPSA) is 67.9 Å². The molecule has 0 saturated heterocycles. The molecule has 0 saturated carbocycles. The van der Waals surface area contributed by atoms with Gasteiger partial charge in [-0.1, -0.05) is 6.07 Å². The second-order valence-electron chi connectivity index (χ2n) is 4.43. The molecule has 1 N–H and O–H groups in total. The molecular formula is C15H13N3O2. The van der Waals surface area contributed by atoms with Crippen LogP contribution < -0.4 is 5.56 Å². The fourth-order valence-electron chi connectivity index (χ4n) is 2.09. The highest BCUT2D eigenvalue weighted by atomic mass is 16.5. The van der Waals surface area contributed by atoms with E-state index in [1.807, 2.05) is 30.3 Å². The Morgan fingerprint density at radius 1 is 1.25 bits per heavy atom. The van der Waals surface area contributed by atoms with Gasteiger partial charge < -0.3 is 9.72 Å². The fourth-order valence-corrected chi connectivity index (χ4v) is 2.09. The minimum atomic E-state index is -0.187. The highest BCUT2D eigenvalue weighted by Crippen LogP contribution is 2.20. The highest BCUT2D eigenvalue weighted by molar-refractivity contribution is 5.82. The third-order valence-electron chi connectivity index (χ3n) is 2.96. The molecular weight excluding hydrogens is 254 g/mol. The number of rotatable bonds is 3. The van der Waals surface area contributed by atoms with Crippen molar-refractivity contribution < 1.29 is 4.74 Å². The molecule has 3 aromatic rings. The largest absolute Gasteiger partial charge is 0.378 e. The zero-order chi connectivity index (χ0) is 13.9. The number of H-pyrrole nitrogens is 1. The van der Waals surface area contributed by atoms with Gasteiger partial charge in [-0.3, -0.25) is 9.78 Å². The number of pyridine rings is 1. The van der Waals surface area contributed by atoms with Crippen LogP contribution in [0.3, 0.4) is 0 Å². The number of hydrogen-bond acceptors (Lipinski definition) is 4. The minimum Gasteiger partial charge on any atom is -0.378 e. The summed E-state index contributed by atoms with van der Waals surface area (Å²) in [4.78, 5) is 23.1. The first kappa shape index (κ1) is 12.5. The Kier molecular flexibility index (Phi) is 3.26. The molecule has 0 fully saturated rings. The van der Waals surface area contributed by atoms with Crippen LogP contribution in [0, 0.1) is 0 Å². The molecule has 2 aromatic heterocycles. The number of methoxy groups -OCH3 is 1. The summed E-state index contributed by atoms with van der Waals surface area (Å²) in [6.45, 7) is 0.312. The second-order valence-corrected chi connectivity index (χ2v) is 4.43. The molecule has 5 nitrogen and oxygen atoms in total. The van der Waals surface area contributed by atoms with E-state index in [1.54, 1.807) is 13.3 Å². The molecule has 0 radical (unpaired) electrons. The lowest BCUT2D eigenvalue weighted by Crippen LogP contribution is -2.10. The van der Waals surface area contributed by atoms with Crippen molar-refractivity contribution in [2.45, 2.75) is 6.61 Å². The van der Waals surface area contributed by atoms with Crippen LogP contribution in [0.5, 0.6) is 0 Å². The number of hydrogen-bond donors (Lipinski definition) is 1. The quantitative estimate of drug-likeness (QED) is 0.789. The van der Waals surface area contributed by atoms with E-state index in [4.69, 9.17) is 4.74 Å². The zero-order valence-electron chi connectivity index (χ0n) is 11.0. The predicted molar refractivity (Wildman–Crippen MR) is 76.3 cm³/mol. The van der Waals surface area contributed by atoms with E-state index in [1.165, 1.54) is 6.07 Å². The van der Waals surface area contributed by atoms with E-state index in [0.717, 1.165) is 16.5 Å². The summed E-state index contributed by atoms with van der Waals surface area (Å²) < 4.78 is 5.02. The van der Waals surface area contributed by atoms with Gasteiger partial charge in [0.05, 0.1) is 17.8 Å². The summed E-state index contributed by atoms with van der Waals surface area (Å²) in [5, 5.41) is 1.00. The zero-order valence-corrected chi connectivity index (χ0v) is 11.0. The molecule has 3 rings (SSSR count). The van der Waals surface area contributed by atoms with Crippen LogP contribution in [-0.4, -0.2) is 22.1 Å². The molecule has 20 heavy (non-hydrogen) atoms. The summed E-state index contributed by atoms with van der Waals surface area (Å²) in [5.41, 5.74) is 2.18. The molecule has 0 amide bonds. The van der Waals surface area contributed by atoms with Crippen molar-refractivity contribution in [2.75, 3.05) is 7.11 Å². The Labute approximate surface area is 115 Å². The Balaban J connectivity index is 2.12. The maximum Gasteiger partial charge on any atom is 0.251 e. The van der Waals surface area contributed by atoms with Gasteiger partial charge >= 0.3 is 0 Å². The molecule has 0 spiro atoms. The van der Waals surface area contributed by atoms with Gasteiger partial charge in [0.2, 0.25) is 0 Å².